The molecule has 4 aromatic heterocycles. The molecular weight excluding hydrogens is 556 g/mol. The number of nitrogens with one attached hydrogen (secondary N) is 2. The summed E-state index contributed by atoms with van der Waals surface area (Å²) in [5.74, 6) is -0.472. The van der Waals surface area contributed by atoms with Crippen molar-refractivity contribution in [1.82, 2.24) is 34.7 Å². The van der Waals surface area contributed by atoms with Gasteiger partial charge in [0.2, 0.25) is 0 Å². The maximum atomic E-state index is 13.1. The van der Waals surface area contributed by atoms with Gasteiger partial charge >= 0.3 is 0 Å². The summed E-state index contributed by atoms with van der Waals surface area (Å²) >= 11 is 0. The zero-order valence-corrected chi connectivity index (χ0v) is 23.7. The molecule has 0 saturated carbocycles. The molecular formula is C29H28N8O4S. The first kappa shape index (κ1) is 27.1. The Kier molecular flexibility index (Phi) is 6.73. The molecule has 0 bridgehead atoms. The van der Waals surface area contributed by atoms with Crippen LogP contribution in [0.2, 0.25) is 0 Å². The number of nitrogens with zero attached hydrogens (tertiary/aromatic N) is 5. The fourth-order valence-electron chi connectivity index (χ4n) is 5.40. The molecule has 4 N–H and O–H groups in total. The third kappa shape index (κ3) is 4.87. The minimum absolute atomic E-state index is 0.00218. The van der Waals surface area contributed by atoms with Crippen molar-refractivity contribution in [3.63, 3.8) is 0 Å². The Morgan fingerprint density at radius 3 is 2.57 bits per heavy atom. The van der Waals surface area contributed by atoms with E-state index in [2.05, 4.69) is 20.3 Å². The van der Waals surface area contributed by atoms with Crippen LogP contribution in [0.25, 0.3) is 28.0 Å². The number of nitrogen functional groups attached to an aromatic ring is 1. The molecule has 0 spiro atoms. The average molecular weight is 585 g/mol. The topological polar surface area (TPSA) is 172 Å². The van der Waals surface area contributed by atoms with Gasteiger partial charge in [0, 0.05) is 47.6 Å². The molecule has 214 valence electrons. The second-order valence-corrected chi connectivity index (χ2v) is 12.3. The third-order valence-electron chi connectivity index (χ3n) is 7.36. The number of carbonyl (C=O) groups is 1. The smallest absolute Gasteiger partial charge is 0.276 e. The Balaban J connectivity index is 1.35. The molecule has 0 radical (unpaired) electrons. The Hall–Kier alpha value is -5.04. The number of hydrogen-bond acceptors (Lipinski definition) is 8. The minimum Gasteiger partial charge on any atom is -0.382 e. The summed E-state index contributed by atoms with van der Waals surface area (Å²) < 4.78 is 27.1. The van der Waals surface area contributed by atoms with Crippen LogP contribution in [0, 0.1) is 0 Å². The predicted molar refractivity (Wildman–Crippen MR) is 157 cm³/mol. The lowest BCUT2D eigenvalue weighted by Crippen LogP contribution is -2.35. The van der Waals surface area contributed by atoms with Crippen molar-refractivity contribution in [2.45, 2.75) is 37.1 Å². The minimum atomic E-state index is -3.78. The van der Waals surface area contributed by atoms with E-state index in [0.29, 0.717) is 24.1 Å². The maximum Gasteiger partial charge on any atom is 0.276 e. The number of H-pyrrole nitrogens is 2. The fourth-order valence-corrected chi connectivity index (χ4v) is 6.44. The van der Waals surface area contributed by atoms with Crippen molar-refractivity contribution in [2.24, 2.45) is 0 Å². The van der Waals surface area contributed by atoms with Crippen molar-refractivity contribution in [1.29, 1.82) is 0 Å². The normalized spacial score (nSPS) is 15.3. The van der Waals surface area contributed by atoms with Crippen molar-refractivity contribution >= 4 is 27.2 Å². The maximum absolute atomic E-state index is 13.1. The van der Waals surface area contributed by atoms with E-state index in [1.807, 2.05) is 49.4 Å². The molecule has 0 fully saturated rings. The number of benzene rings is 1. The highest BCUT2D eigenvalue weighted by Crippen LogP contribution is 2.32. The predicted octanol–water partition coefficient (Wildman–Crippen LogP) is 3.21. The number of pyridine rings is 1. The first-order chi connectivity index (χ1) is 20.1. The quantitative estimate of drug-likeness (QED) is 0.262. The van der Waals surface area contributed by atoms with Crippen molar-refractivity contribution in [2.75, 3.05) is 12.0 Å². The summed E-state index contributed by atoms with van der Waals surface area (Å²) in [6.07, 6.45) is 8.65. The zero-order valence-electron chi connectivity index (χ0n) is 22.9. The summed E-state index contributed by atoms with van der Waals surface area (Å²) in [6.45, 7) is 1.90. The number of amides is 1. The van der Waals surface area contributed by atoms with Gasteiger partial charge in [0.25, 0.3) is 11.5 Å². The molecule has 1 atom stereocenters. The highest BCUT2D eigenvalue weighted by molar-refractivity contribution is 7.91. The van der Waals surface area contributed by atoms with Gasteiger partial charge in [-0.2, -0.15) is 9.61 Å². The van der Waals surface area contributed by atoms with Crippen LogP contribution in [0.1, 0.15) is 35.8 Å². The highest BCUT2D eigenvalue weighted by Gasteiger charge is 2.31. The summed E-state index contributed by atoms with van der Waals surface area (Å²) in [5, 5.41) is 9.28. The Morgan fingerprint density at radius 1 is 1.12 bits per heavy atom. The van der Waals surface area contributed by atoms with E-state index < -0.39 is 21.3 Å². The zero-order chi connectivity index (χ0) is 29.6. The number of aryl methyl sites for hydroxylation is 1. The lowest BCUT2D eigenvalue weighted by molar-refractivity contribution is 0.0778. The molecule has 6 rings (SSSR count). The number of hydrogen-bond donors (Lipinski definition) is 3. The number of fused-ring (bicyclic) bond motifs is 1. The monoisotopic (exact) mass is 584 g/mol. The van der Waals surface area contributed by atoms with Crippen molar-refractivity contribution in [3.05, 3.63) is 94.4 Å². The van der Waals surface area contributed by atoms with E-state index in [1.165, 1.54) is 15.6 Å². The second kappa shape index (κ2) is 10.4. The number of aromatic amines is 2. The van der Waals surface area contributed by atoms with Crippen molar-refractivity contribution in [3.8, 4) is 22.4 Å². The SMILES string of the molecule is CC1=CN(C(=O)c2c[nH][nH]c2=O)[C@@H](CCc2nc3c(-c4ccc(-c5ccccc5)nc4)cnn3c(N)c2S(C)(=O)=O)C1. The van der Waals surface area contributed by atoms with Crippen molar-refractivity contribution < 1.29 is 13.2 Å². The molecule has 42 heavy (non-hydrogen) atoms. The van der Waals surface area contributed by atoms with E-state index in [0.717, 1.165) is 28.6 Å². The van der Waals surface area contributed by atoms with Crippen LogP contribution in [-0.4, -0.2) is 61.3 Å². The van der Waals surface area contributed by atoms with Gasteiger partial charge in [-0.3, -0.25) is 19.7 Å². The molecule has 1 aliphatic heterocycles. The molecule has 1 amide bonds. The van der Waals surface area contributed by atoms with Gasteiger partial charge in [0.1, 0.15) is 16.3 Å². The lowest BCUT2D eigenvalue weighted by Gasteiger charge is -2.23. The number of aromatic nitrogens is 6. The van der Waals surface area contributed by atoms with Gasteiger partial charge in [-0.05, 0) is 32.3 Å². The molecule has 1 aromatic carbocycles. The third-order valence-corrected chi connectivity index (χ3v) is 8.55. The molecule has 5 heterocycles. The standard InChI is InChI=1S/C29H28N8O4S/c1-17-12-20(36(16-17)29(39)22-14-32-35-28(22)38)9-11-24-25(42(2,40)41)26(30)37-27(34-24)21(15-33-37)19-8-10-23(31-13-19)18-6-4-3-5-7-18/h3-8,10,13-16,20H,9,11-12,30H2,1-2H3,(H2,32,35,38)/t20-/m0/s1. The van der Waals surface area contributed by atoms with E-state index in [-0.39, 0.29) is 34.4 Å². The van der Waals surface area contributed by atoms with Gasteiger partial charge in [0.05, 0.1) is 17.6 Å². The van der Waals surface area contributed by atoms with Crippen LogP contribution in [-0.2, 0) is 16.3 Å². The Labute approximate surface area is 240 Å². The van der Waals surface area contributed by atoms with Crippen LogP contribution < -0.4 is 11.3 Å². The summed E-state index contributed by atoms with van der Waals surface area (Å²) in [4.78, 5) is 36.0. The summed E-state index contributed by atoms with van der Waals surface area (Å²) in [7, 11) is -3.78. The van der Waals surface area contributed by atoms with Gasteiger partial charge < -0.3 is 15.7 Å². The van der Waals surface area contributed by atoms with Gasteiger partial charge in [0.15, 0.2) is 15.5 Å². The summed E-state index contributed by atoms with van der Waals surface area (Å²) in [6, 6.07) is 13.3. The number of sulfone groups is 1. The molecule has 5 aromatic rings. The van der Waals surface area contributed by atoms with Gasteiger partial charge in [-0.1, -0.05) is 42.0 Å². The van der Waals surface area contributed by atoms with Gasteiger partial charge in [-0.25, -0.2) is 13.4 Å². The Bertz CT molecular complexity index is 2010. The van der Waals surface area contributed by atoms with E-state index in [4.69, 9.17) is 10.7 Å². The van der Waals surface area contributed by atoms with E-state index >= 15 is 0 Å². The number of rotatable bonds is 7. The highest BCUT2D eigenvalue weighted by atomic mass is 32.2. The Morgan fingerprint density at radius 2 is 1.90 bits per heavy atom. The summed E-state index contributed by atoms with van der Waals surface area (Å²) in [5.41, 5.74) is 10.8. The molecule has 0 aliphatic carbocycles. The van der Waals surface area contributed by atoms with Gasteiger partial charge in [-0.15, -0.1) is 0 Å². The largest absolute Gasteiger partial charge is 0.382 e. The average Bonchev–Trinajstić information content (AvgIpc) is 3.69. The molecule has 1 aliphatic rings. The number of carbonyl (C=O) groups excluding carboxylic acids is 1. The first-order valence-electron chi connectivity index (χ1n) is 13.3. The van der Waals surface area contributed by atoms with E-state index in [1.54, 1.807) is 18.6 Å². The van der Waals surface area contributed by atoms with Crippen LogP contribution in [0.15, 0.2) is 82.5 Å². The van der Waals surface area contributed by atoms with Crippen LogP contribution in [0.5, 0.6) is 0 Å². The molecule has 12 nitrogen and oxygen atoms in total. The number of anilines is 1. The molecule has 0 saturated heterocycles. The number of nitrogens with two attached hydrogens (primary N) is 1. The fraction of sp³-hybridized carbons (Fsp3) is 0.207. The lowest BCUT2D eigenvalue weighted by atomic mass is 10.0. The van der Waals surface area contributed by atoms with Crippen LogP contribution in [0.3, 0.4) is 0 Å². The van der Waals surface area contributed by atoms with Crippen LogP contribution in [0.4, 0.5) is 5.82 Å². The van der Waals surface area contributed by atoms with Crippen LogP contribution >= 0.6 is 0 Å². The second-order valence-electron chi connectivity index (χ2n) is 10.4. The molecule has 13 heteroatoms. The first-order valence-corrected chi connectivity index (χ1v) is 15.1. The van der Waals surface area contributed by atoms with E-state index in [9.17, 15) is 18.0 Å². The molecule has 0 unspecified atom stereocenters.